The van der Waals surface area contributed by atoms with Gasteiger partial charge < -0.3 is 19.0 Å². The van der Waals surface area contributed by atoms with Crippen molar-refractivity contribution in [2.75, 3.05) is 6.61 Å². The molecule has 0 fully saturated rings. The van der Waals surface area contributed by atoms with Crippen LogP contribution in [0.15, 0.2) is 40.8 Å². The fourth-order valence-electron chi connectivity index (χ4n) is 3.11. The molecular weight excluding hydrogens is 410 g/mol. The molecule has 32 heavy (non-hydrogen) atoms. The van der Waals surface area contributed by atoms with Gasteiger partial charge in [0.1, 0.15) is 11.5 Å². The van der Waals surface area contributed by atoms with E-state index in [9.17, 15) is 4.79 Å². The molecule has 0 aliphatic carbocycles. The van der Waals surface area contributed by atoms with Crippen molar-refractivity contribution in [3.8, 4) is 34.4 Å². The van der Waals surface area contributed by atoms with Crippen molar-refractivity contribution in [2.45, 2.75) is 46.1 Å². The minimum atomic E-state index is -0.837. The van der Waals surface area contributed by atoms with Gasteiger partial charge in [0.25, 0.3) is 0 Å². The standard InChI is InChI=1S/C24H25N3O5/c1-5-16-13-18(30-12-6-7-22(28)29)9-10-19(16)24-27-26-23(32-24)17-8-11-21(31-15(2)3)20(14-17)25-4/h8-11,13-15H,5-7,12H2,1-3H3,(H,28,29). The Bertz CT molecular complexity index is 1130. The Hall–Kier alpha value is -3.86. The van der Waals surface area contributed by atoms with E-state index in [2.05, 4.69) is 15.0 Å². The van der Waals surface area contributed by atoms with E-state index in [-0.39, 0.29) is 12.5 Å². The van der Waals surface area contributed by atoms with E-state index in [1.54, 1.807) is 24.3 Å². The van der Waals surface area contributed by atoms with Crippen molar-refractivity contribution in [3.05, 3.63) is 53.4 Å². The summed E-state index contributed by atoms with van der Waals surface area (Å²) in [5.74, 6) is 1.04. The molecule has 1 N–H and O–H groups in total. The minimum absolute atomic E-state index is 0.0343. The van der Waals surface area contributed by atoms with Crippen LogP contribution in [0.25, 0.3) is 27.8 Å². The highest BCUT2D eigenvalue weighted by Gasteiger charge is 2.16. The lowest BCUT2D eigenvalue weighted by molar-refractivity contribution is -0.137. The van der Waals surface area contributed by atoms with Crippen LogP contribution in [0.5, 0.6) is 11.5 Å². The normalized spacial score (nSPS) is 10.7. The van der Waals surface area contributed by atoms with Crippen LogP contribution in [0.3, 0.4) is 0 Å². The highest BCUT2D eigenvalue weighted by Crippen LogP contribution is 2.35. The number of carbonyl (C=O) groups is 1. The molecule has 3 aromatic rings. The van der Waals surface area contributed by atoms with Gasteiger partial charge in [-0.3, -0.25) is 4.79 Å². The number of aliphatic carboxylic acids is 1. The summed E-state index contributed by atoms with van der Waals surface area (Å²) < 4.78 is 17.2. The third kappa shape index (κ3) is 5.64. The maximum atomic E-state index is 10.6. The van der Waals surface area contributed by atoms with E-state index in [4.69, 9.17) is 25.6 Å². The van der Waals surface area contributed by atoms with Crippen LogP contribution in [-0.4, -0.2) is 34.0 Å². The van der Waals surface area contributed by atoms with Gasteiger partial charge in [0.05, 0.1) is 19.3 Å². The Balaban J connectivity index is 1.80. The number of hydrogen-bond acceptors (Lipinski definition) is 6. The van der Waals surface area contributed by atoms with Gasteiger partial charge in [-0.05, 0) is 68.7 Å². The molecule has 8 heteroatoms. The van der Waals surface area contributed by atoms with Gasteiger partial charge in [-0.2, -0.15) is 0 Å². The lowest BCUT2D eigenvalue weighted by Gasteiger charge is -2.11. The highest BCUT2D eigenvalue weighted by molar-refractivity contribution is 5.69. The molecule has 1 aromatic heterocycles. The quantitative estimate of drug-likeness (QED) is 0.329. The highest BCUT2D eigenvalue weighted by atomic mass is 16.5. The first kappa shape index (κ1) is 22.8. The summed E-state index contributed by atoms with van der Waals surface area (Å²) in [7, 11) is 0. The summed E-state index contributed by atoms with van der Waals surface area (Å²) in [6.07, 6.45) is 1.21. The topological polar surface area (TPSA) is 99.0 Å². The van der Waals surface area contributed by atoms with E-state index in [0.29, 0.717) is 47.6 Å². The molecule has 0 amide bonds. The molecule has 1 heterocycles. The van der Waals surface area contributed by atoms with Crippen LogP contribution in [0.1, 0.15) is 39.2 Å². The molecule has 0 radical (unpaired) electrons. The summed E-state index contributed by atoms with van der Waals surface area (Å²) in [4.78, 5) is 14.2. The van der Waals surface area contributed by atoms with Crippen LogP contribution >= 0.6 is 0 Å². The fraction of sp³-hybridized carbons (Fsp3) is 0.333. The maximum absolute atomic E-state index is 10.6. The Morgan fingerprint density at radius 3 is 2.66 bits per heavy atom. The van der Waals surface area contributed by atoms with Crippen LogP contribution in [0.4, 0.5) is 5.69 Å². The second-order valence-electron chi connectivity index (χ2n) is 7.39. The first-order valence-electron chi connectivity index (χ1n) is 10.4. The van der Waals surface area contributed by atoms with E-state index in [1.807, 2.05) is 32.9 Å². The van der Waals surface area contributed by atoms with Crippen molar-refractivity contribution in [1.29, 1.82) is 0 Å². The van der Waals surface area contributed by atoms with Crippen molar-refractivity contribution < 1.29 is 23.8 Å². The van der Waals surface area contributed by atoms with Gasteiger partial charge in [0.15, 0.2) is 0 Å². The van der Waals surface area contributed by atoms with Crippen molar-refractivity contribution in [1.82, 2.24) is 10.2 Å². The summed E-state index contributed by atoms with van der Waals surface area (Å²) in [6.45, 7) is 13.6. The molecule has 0 saturated carbocycles. The van der Waals surface area contributed by atoms with Crippen LogP contribution in [0.2, 0.25) is 0 Å². The van der Waals surface area contributed by atoms with Gasteiger partial charge in [0.2, 0.25) is 17.5 Å². The number of carboxylic acids is 1. The van der Waals surface area contributed by atoms with Gasteiger partial charge in [-0.15, -0.1) is 10.2 Å². The number of ether oxygens (including phenoxy) is 2. The van der Waals surface area contributed by atoms with Gasteiger partial charge in [0, 0.05) is 17.5 Å². The lowest BCUT2D eigenvalue weighted by atomic mass is 10.0. The van der Waals surface area contributed by atoms with Gasteiger partial charge in [-0.25, -0.2) is 4.85 Å². The summed E-state index contributed by atoms with van der Waals surface area (Å²) in [5.41, 5.74) is 2.80. The number of hydrogen-bond donors (Lipinski definition) is 1. The SMILES string of the molecule is [C-]#[N+]c1cc(-c2nnc(-c3ccc(OCCCC(=O)O)cc3CC)o2)ccc1OC(C)C. The Morgan fingerprint density at radius 2 is 1.97 bits per heavy atom. The molecular formula is C24H25N3O5. The summed E-state index contributed by atoms with van der Waals surface area (Å²) in [6, 6.07) is 10.8. The van der Waals surface area contributed by atoms with E-state index in [1.165, 1.54) is 0 Å². The van der Waals surface area contributed by atoms with Crippen molar-refractivity contribution in [3.63, 3.8) is 0 Å². The average Bonchev–Trinajstić information content (AvgIpc) is 3.26. The molecule has 0 unspecified atom stereocenters. The molecule has 0 atom stereocenters. The molecule has 3 rings (SSSR count). The molecule has 0 saturated heterocycles. The number of rotatable bonds is 10. The Morgan fingerprint density at radius 1 is 1.19 bits per heavy atom. The number of carboxylic acid groups (broad SMARTS) is 1. The predicted molar refractivity (Wildman–Crippen MR) is 119 cm³/mol. The zero-order chi connectivity index (χ0) is 23.1. The van der Waals surface area contributed by atoms with Gasteiger partial charge in [-0.1, -0.05) is 6.92 Å². The zero-order valence-corrected chi connectivity index (χ0v) is 18.3. The number of nitrogens with zero attached hydrogens (tertiary/aromatic N) is 3. The second kappa shape index (κ2) is 10.4. The van der Waals surface area contributed by atoms with Crippen molar-refractivity contribution >= 4 is 11.7 Å². The van der Waals surface area contributed by atoms with Crippen LogP contribution < -0.4 is 9.47 Å². The van der Waals surface area contributed by atoms with Crippen LogP contribution in [-0.2, 0) is 11.2 Å². The van der Waals surface area contributed by atoms with E-state index >= 15 is 0 Å². The number of benzene rings is 2. The van der Waals surface area contributed by atoms with Gasteiger partial charge >= 0.3 is 5.97 Å². The largest absolute Gasteiger partial charge is 0.502 e. The average molecular weight is 435 g/mol. The zero-order valence-electron chi connectivity index (χ0n) is 18.3. The molecule has 0 aliphatic heterocycles. The van der Waals surface area contributed by atoms with Crippen molar-refractivity contribution in [2.24, 2.45) is 0 Å². The molecule has 166 valence electrons. The first-order valence-corrected chi connectivity index (χ1v) is 10.4. The summed E-state index contributed by atoms with van der Waals surface area (Å²) >= 11 is 0. The van der Waals surface area contributed by atoms with E-state index < -0.39 is 5.97 Å². The second-order valence-corrected chi connectivity index (χ2v) is 7.39. The predicted octanol–water partition coefficient (Wildman–Crippen LogP) is 5.55. The molecule has 0 aliphatic rings. The van der Waals surface area contributed by atoms with Crippen LogP contribution in [0, 0.1) is 6.57 Å². The maximum Gasteiger partial charge on any atom is 0.303 e. The Kier molecular flexibility index (Phi) is 7.45. The minimum Gasteiger partial charge on any atom is -0.502 e. The molecule has 0 spiro atoms. The molecule has 0 bridgehead atoms. The molecule has 8 nitrogen and oxygen atoms in total. The monoisotopic (exact) mass is 435 g/mol. The fourth-order valence-corrected chi connectivity index (χ4v) is 3.11. The smallest absolute Gasteiger partial charge is 0.303 e. The number of aryl methyl sites for hydroxylation is 1. The number of aromatic nitrogens is 2. The molecule has 2 aromatic carbocycles. The summed E-state index contributed by atoms with van der Waals surface area (Å²) in [5, 5.41) is 17.1. The third-order valence-electron chi connectivity index (χ3n) is 4.61. The lowest BCUT2D eigenvalue weighted by Crippen LogP contribution is -2.05. The Labute approximate surface area is 186 Å². The first-order chi connectivity index (χ1) is 15.4. The third-order valence-corrected chi connectivity index (χ3v) is 4.61. The van der Waals surface area contributed by atoms with E-state index in [0.717, 1.165) is 17.5 Å².